The summed E-state index contributed by atoms with van der Waals surface area (Å²) in [5.74, 6) is -1.76. The summed E-state index contributed by atoms with van der Waals surface area (Å²) in [4.78, 5) is 9.89. The molecule has 8 heteroatoms. The molecule has 0 saturated carbocycles. The van der Waals surface area contributed by atoms with E-state index in [1.165, 1.54) is 6.92 Å². The summed E-state index contributed by atoms with van der Waals surface area (Å²) in [6, 6.07) is 0. The van der Waals surface area contributed by atoms with E-state index in [0.29, 0.717) is 4.90 Å². The fourth-order valence-corrected chi connectivity index (χ4v) is 2.22. The van der Waals surface area contributed by atoms with E-state index in [4.69, 9.17) is 5.11 Å². The molecule has 0 amide bonds. The molecule has 1 aliphatic heterocycles. The van der Waals surface area contributed by atoms with Crippen LogP contribution in [-0.2, 0) is 4.79 Å². The van der Waals surface area contributed by atoms with Crippen molar-refractivity contribution in [3.63, 3.8) is 0 Å². The lowest BCUT2D eigenvalue weighted by Crippen LogP contribution is -2.32. The molecular formula is C7H7F4NO2S. The van der Waals surface area contributed by atoms with Crippen molar-refractivity contribution >= 4 is 17.7 Å². The summed E-state index contributed by atoms with van der Waals surface area (Å²) in [6.07, 6.45) is -4.85. The number of hydrogen-bond donors (Lipinski definition) is 1. The quantitative estimate of drug-likeness (QED) is 0.598. The van der Waals surface area contributed by atoms with Crippen LogP contribution >= 0.6 is 11.8 Å². The molecule has 1 heterocycles. The predicted octanol–water partition coefficient (Wildman–Crippen LogP) is 2.17. The summed E-state index contributed by atoms with van der Waals surface area (Å²) in [5.41, 5.74) is -3.40. The lowest BCUT2D eigenvalue weighted by atomic mass is 10.3. The highest BCUT2D eigenvalue weighted by molar-refractivity contribution is 8.04. The SMILES string of the molecule is CCN1C(C(F)(F)F)=C(C(=O)O)SC1F. The number of carbonyl (C=O) groups is 1. The second kappa shape index (κ2) is 3.92. The van der Waals surface area contributed by atoms with Crippen molar-refractivity contribution in [2.75, 3.05) is 6.54 Å². The van der Waals surface area contributed by atoms with Crippen molar-refractivity contribution in [2.45, 2.75) is 18.7 Å². The molecule has 1 N–H and O–H groups in total. The molecule has 86 valence electrons. The summed E-state index contributed by atoms with van der Waals surface area (Å²) < 4.78 is 50.4. The highest BCUT2D eigenvalue weighted by atomic mass is 32.2. The molecule has 0 saturated heterocycles. The van der Waals surface area contributed by atoms with Crippen molar-refractivity contribution in [1.82, 2.24) is 4.90 Å². The number of carboxylic acid groups (broad SMARTS) is 1. The number of carboxylic acids is 1. The third-order valence-electron chi connectivity index (χ3n) is 1.77. The molecule has 15 heavy (non-hydrogen) atoms. The fourth-order valence-electron chi connectivity index (χ4n) is 1.19. The van der Waals surface area contributed by atoms with Crippen LogP contribution in [0.4, 0.5) is 17.6 Å². The smallest absolute Gasteiger partial charge is 0.432 e. The number of rotatable bonds is 2. The maximum absolute atomic E-state index is 13.1. The summed E-state index contributed by atoms with van der Waals surface area (Å²) in [6.45, 7) is 1.09. The highest BCUT2D eigenvalue weighted by Gasteiger charge is 2.49. The first-order valence-electron chi connectivity index (χ1n) is 3.91. The van der Waals surface area contributed by atoms with E-state index in [2.05, 4.69) is 0 Å². The number of halogens is 4. The maximum atomic E-state index is 13.1. The van der Waals surface area contributed by atoms with Gasteiger partial charge in [0.2, 0.25) is 5.63 Å². The standard InChI is InChI=1S/C7H7F4NO2S/c1-2-12-4(7(9,10)11)3(5(13)14)15-6(12)8/h6H,2H2,1H3,(H,13,14). The Morgan fingerprint density at radius 1 is 1.60 bits per heavy atom. The normalized spacial score (nSPS) is 22.5. The first kappa shape index (κ1) is 12.2. The van der Waals surface area contributed by atoms with Gasteiger partial charge in [-0.2, -0.15) is 13.2 Å². The lowest BCUT2D eigenvalue weighted by Gasteiger charge is -2.23. The molecular weight excluding hydrogens is 238 g/mol. The minimum Gasteiger partial charge on any atom is -0.477 e. The third kappa shape index (κ3) is 2.19. The van der Waals surface area contributed by atoms with Crippen LogP contribution in [0.3, 0.4) is 0 Å². The Balaban J connectivity index is 3.19. The lowest BCUT2D eigenvalue weighted by molar-refractivity contribution is -0.134. The van der Waals surface area contributed by atoms with Gasteiger partial charge in [-0.3, -0.25) is 0 Å². The number of thioether (sulfide) groups is 1. The number of hydrogen-bond acceptors (Lipinski definition) is 3. The second-order valence-electron chi connectivity index (χ2n) is 2.68. The van der Waals surface area contributed by atoms with Crippen LogP contribution in [0.2, 0.25) is 0 Å². The summed E-state index contributed by atoms with van der Waals surface area (Å²) in [7, 11) is 0. The molecule has 1 rings (SSSR count). The number of alkyl halides is 4. The van der Waals surface area contributed by atoms with E-state index < -0.39 is 28.4 Å². The number of aliphatic carboxylic acids is 1. The average molecular weight is 245 g/mol. The first-order valence-corrected chi connectivity index (χ1v) is 4.79. The molecule has 0 spiro atoms. The van der Waals surface area contributed by atoms with Gasteiger partial charge >= 0.3 is 12.1 Å². The molecule has 1 unspecified atom stereocenters. The van der Waals surface area contributed by atoms with Crippen LogP contribution in [0.1, 0.15) is 6.92 Å². The van der Waals surface area contributed by atoms with Gasteiger partial charge in [0.25, 0.3) is 0 Å². The van der Waals surface area contributed by atoms with E-state index in [1.807, 2.05) is 0 Å². The molecule has 0 aliphatic carbocycles. The zero-order chi connectivity index (χ0) is 11.8. The van der Waals surface area contributed by atoms with Gasteiger partial charge in [-0.15, -0.1) is 0 Å². The third-order valence-corrected chi connectivity index (χ3v) is 2.82. The van der Waals surface area contributed by atoms with Crippen molar-refractivity contribution in [3.05, 3.63) is 10.6 Å². The van der Waals surface area contributed by atoms with Crippen LogP contribution < -0.4 is 0 Å². The number of nitrogens with zero attached hydrogens (tertiary/aromatic N) is 1. The molecule has 0 aromatic rings. The monoisotopic (exact) mass is 245 g/mol. The molecule has 0 radical (unpaired) electrons. The van der Waals surface area contributed by atoms with Gasteiger partial charge in [0.05, 0.1) is 0 Å². The molecule has 1 atom stereocenters. The molecule has 0 fully saturated rings. The average Bonchev–Trinajstić information content (AvgIpc) is 2.41. The summed E-state index contributed by atoms with van der Waals surface area (Å²) in [5, 5.41) is 8.51. The zero-order valence-electron chi connectivity index (χ0n) is 7.51. The van der Waals surface area contributed by atoms with Gasteiger partial charge in [-0.1, -0.05) is 11.8 Å². The van der Waals surface area contributed by atoms with Gasteiger partial charge in [-0.25, -0.2) is 9.18 Å². The van der Waals surface area contributed by atoms with Crippen LogP contribution in [0.5, 0.6) is 0 Å². The fraction of sp³-hybridized carbons (Fsp3) is 0.571. The predicted molar refractivity (Wildman–Crippen MR) is 45.6 cm³/mol. The second-order valence-corrected chi connectivity index (χ2v) is 3.71. The van der Waals surface area contributed by atoms with Crippen molar-refractivity contribution < 1.29 is 27.5 Å². The van der Waals surface area contributed by atoms with Crippen LogP contribution in [0, 0.1) is 0 Å². The Morgan fingerprint density at radius 3 is 2.47 bits per heavy atom. The number of allylic oxidation sites excluding steroid dienone is 1. The molecule has 1 aliphatic rings. The zero-order valence-corrected chi connectivity index (χ0v) is 8.32. The van der Waals surface area contributed by atoms with E-state index in [-0.39, 0.29) is 18.3 Å². The topological polar surface area (TPSA) is 40.5 Å². The van der Waals surface area contributed by atoms with Gasteiger partial charge in [-0.05, 0) is 6.92 Å². The Morgan fingerprint density at radius 2 is 2.13 bits per heavy atom. The van der Waals surface area contributed by atoms with Crippen molar-refractivity contribution in [3.8, 4) is 0 Å². The van der Waals surface area contributed by atoms with E-state index >= 15 is 0 Å². The highest BCUT2D eigenvalue weighted by Crippen LogP contribution is 2.45. The summed E-state index contributed by atoms with van der Waals surface area (Å²) >= 11 is 0.0606. The van der Waals surface area contributed by atoms with E-state index in [0.717, 1.165) is 0 Å². The van der Waals surface area contributed by atoms with Crippen LogP contribution in [0.25, 0.3) is 0 Å². The maximum Gasteiger partial charge on any atom is 0.432 e. The van der Waals surface area contributed by atoms with Crippen LogP contribution in [-0.4, -0.2) is 34.3 Å². The molecule has 3 nitrogen and oxygen atoms in total. The van der Waals surface area contributed by atoms with Gasteiger partial charge < -0.3 is 10.0 Å². The van der Waals surface area contributed by atoms with Gasteiger partial charge in [0, 0.05) is 6.54 Å². The Hall–Kier alpha value is -0.920. The Bertz CT molecular complexity index is 315. The molecule has 0 bridgehead atoms. The van der Waals surface area contributed by atoms with Gasteiger partial charge in [0.15, 0.2) is 0 Å². The Labute approximate surface area is 86.7 Å². The van der Waals surface area contributed by atoms with E-state index in [9.17, 15) is 22.4 Å². The minimum atomic E-state index is -4.85. The molecule has 0 aromatic carbocycles. The van der Waals surface area contributed by atoms with E-state index in [1.54, 1.807) is 0 Å². The first-order chi connectivity index (χ1) is 6.79. The Kier molecular flexibility index (Phi) is 3.17. The van der Waals surface area contributed by atoms with Crippen molar-refractivity contribution in [2.24, 2.45) is 0 Å². The largest absolute Gasteiger partial charge is 0.477 e. The molecule has 0 aromatic heterocycles. The van der Waals surface area contributed by atoms with Crippen LogP contribution in [0.15, 0.2) is 10.6 Å². The minimum absolute atomic E-state index is 0.0606. The van der Waals surface area contributed by atoms with Crippen molar-refractivity contribution in [1.29, 1.82) is 0 Å². The van der Waals surface area contributed by atoms with Gasteiger partial charge in [0.1, 0.15) is 10.6 Å².